The maximum Gasteiger partial charge on any atom is 0.322 e. The minimum Gasteiger partial charge on any atom is -0.480 e. The summed E-state index contributed by atoms with van der Waals surface area (Å²) < 4.78 is 1.25. The SMILES string of the molecule is O=C(O)CNC(=O)c1cccc(-c2nn3c(=O)cc(N4CCNCC4)nc3s2)c1. The molecule has 29 heavy (non-hydrogen) atoms. The highest BCUT2D eigenvalue weighted by Gasteiger charge is 2.17. The van der Waals surface area contributed by atoms with Gasteiger partial charge in [0.1, 0.15) is 17.4 Å². The molecule has 3 aromatic rings. The number of aromatic nitrogens is 3. The summed E-state index contributed by atoms with van der Waals surface area (Å²) in [7, 11) is 0. The number of carboxylic acid groups (broad SMARTS) is 1. The monoisotopic (exact) mass is 414 g/mol. The van der Waals surface area contributed by atoms with Crippen molar-refractivity contribution in [1.82, 2.24) is 25.2 Å². The second-order valence-corrected chi connectivity index (χ2v) is 7.40. The van der Waals surface area contributed by atoms with Crippen molar-refractivity contribution in [2.45, 2.75) is 0 Å². The Morgan fingerprint density at radius 1 is 1.24 bits per heavy atom. The van der Waals surface area contributed by atoms with Gasteiger partial charge in [-0.25, -0.2) is 4.98 Å². The molecular weight excluding hydrogens is 396 g/mol. The topological polar surface area (TPSA) is 129 Å². The molecule has 0 bridgehead atoms. The first-order valence-electron chi connectivity index (χ1n) is 8.98. The number of aliphatic carboxylic acids is 1. The lowest BCUT2D eigenvalue weighted by Gasteiger charge is -2.27. The molecular formula is C18H18N6O4S. The van der Waals surface area contributed by atoms with Gasteiger partial charge in [0.25, 0.3) is 11.5 Å². The molecule has 0 atom stereocenters. The van der Waals surface area contributed by atoms with Gasteiger partial charge < -0.3 is 20.6 Å². The lowest BCUT2D eigenvalue weighted by atomic mass is 10.1. The summed E-state index contributed by atoms with van der Waals surface area (Å²) in [6.45, 7) is 2.78. The number of hydrogen-bond acceptors (Lipinski definition) is 8. The van der Waals surface area contributed by atoms with E-state index in [1.165, 1.54) is 21.9 Å². The molecule has 0 unspecified atom stereocenters. The number of amides is 1. The summed E-state index contributed by atoms with van der Waals surface area (Å²) >= 11 is 1.25. The smallest absolute Gasteiger partial charge is 0.322 e. The fourth-order valence-electron chi connectivity index (χ4n) is 3.02. The van der Waals surface area contributed by atoms with E-state index < -0.39 is 18.4 Å². The molecule has 10 nitrogen and oxygen atoms in total. The van der Waals surface area contributed by atoms with E-state index in [-0.39, 0.29) is 5.56 Å². The number of carbonyl (C=O) groups is 2. The van der Waals surface area contributed by atoms with Crippen molar-refractivity contribution >= 4 is 34.0 Å². The number of fused-ring (bicyclic) bond motifs is 1. The standard InChI is InChI=1S/C18H18N6O4S/c25-14-9-13(23-6-4-19-5-7-23)21-18-24(14)22-17(29-18)12-3-1-2-11(8-12)16(28)20-10-15(26)27/h1-3,8-9,19H,4-7,10H2,(H,20,28)(H,26,27). The average Bonchev–Trinajstić information content (AvgIpc) is 3.18. The van der Waals surface area contributed by atoms with E-state index in [9.17, 15) is 14.4 Å². The van der Waals surface area contributed by atoms with E-state index in [0.29, 0.717) is 26.9 Å². The molecule has 1 saturated heterocycles. The van der Waals surface area contributed by atoms with Crippen LogP contribution in [0.1, 0.15) is 10.4 Å². The van der Waals surface area contributed by atoms with E-state index in [1.807, 2.05) is 0 Å². The van der Waals surface area contributed by atoms with Crippen LogP contribution in [-0.4, -0.2) is 64.3 Å². The van der Waals surface area contributed by atoms with Gasteiger partial charge in [0.15, 0.2) is 0 Å². The third-order valence-corrected chi connectivity index (χ3v) is 5.40. The summed E-state index contributed by atoms with van der Waals surface area (Å²) in [5, 5.41) is 19.2. The van der Waals surface area contributed by atoms with Crippen molar-refractivity contribution in [2.75, 3.05) is 37.6 Å². The van der Waals surface area contributed by atoms with Gasteiger partial charge in [0, 0.05) is 43.4 Å². The summed E-state index contributed by atoms with van der Waals surface area (Å²) in [6, 6.07) is 8.13. The number of nitrogens with zero attached hydrogens (tertiary/aromatic N) is 4. The Hall–Kier alpha value is -3.31. The Kier molecular flexibility index (Phi) is 5.23. The number of anilines is 1. The van der Waals surface area contributed by atoms with E-state index in [4.69, 9.17) is 5.11 Å². The van der Waals surface area contributed by atoms with E-state index in [1.54, 1.807) is 24.3 Å². The molecule has 1 amide bonds. The predicted molar refractivity (Wildman–Crippen MR) is 108 cm³/mol. The zero-order chi connectivity index (χ0) is 20.4. The van der Waals surface area contributed by atoms with Crippen LogP contribution in [0.3, 0.4) is 0 Å². The van der Waals surface area contributed by atoms with Crippen molar-refractivity contribution < 1.29 is 14.7 Å². The average molecular weight is 414 g/mol. The molecule has 0 aliphatic carbocycles. The minimum atomic E-state index is -1.12. The van der Waals surface area contributed by atoms with E-state index in [0.717, 1.165) is 26.2 Å². The lowest BCUT2D eigenvalue weighted by Crippen LogP contribution is -2.44. The van der Waals surface area contributed by atoms with Crippen molar-refractivity contribution in [2.24, 2.45) is 0 Å². The van der Waals surface area contributed by atoms with Gasteiger partial charge in [-0.3, -0.25) is 14.4 Å². The summed E-state index contributed by atoms with van der Waals surface area (Å²) in [6.07, 6.45) is 0. The Balaban J connectivity index is 1.65. The molecule has 1 aromatic carbocycles. The van der Waals surface area contributed by atoms with Gasteiger partial charge in [-0.05, 0) is 12.1 Å². The van der Waals surface area contributed by atoms with Gasteiger partial charge in [0.05, 0.1) is 0 Å². The van der Waals surface area contributed by atoms with Crippen LogP contribution in [-0.2, 0) is 4.79 Å². The highest BCUT2D eigenvalue weighted by molar-refractivity contribution is 7.19. The van der Waals surface area contributed by atoms with Crippen LogP contribution in [0, 0.1) is 0 Å². The van der Waals surface area contributed by atoms with Gasteiger partial charge >= 0.3 is 5.97 Å². The first kappa shape index (κ1) is 19.0. The molecule has 3 N–H and O–H groups in total. The quantitative estimate of drug-likeness (QED) is 0.534. The molecule has 150 valence electrons. The molecule has 0 saturated carbocycles. The van der Waals surface area contributed by atoms with Gasteiger partial charge in [-0.1, -0.05) is 23.5 Å². The van der Waals surface area contributed by atoms with Crippen LogP contribution in [0.4, 0.5) is 5.82 Å². The fraction of sp³-hybridized carbons (Fsp3) is 0.278. The Bertz CT molecular complexity index is 1130. The number of rotatable bonds is 5. The third kappa shape index (κ3) is 4.10. The number of carboxylic acids is 1. The zero-order valence-electron chi connectivity index (χ0n) is 15.3. The minimum absolute atomic E-state index is 0.263. The molecule has 1 aliphatic rings. The molecule has 0 radical (unpaired) electrons. The molecule has 0 spiro atoms. The maximum absolute atomic E-state index is 12.5. The number of benzene rings is 1. The van der Waals surface area contributed by atoms with Crippen molar-refractivity contribution in [3.8, 4) is 10.6 Å². The number of nitrogens with one attached hydrogen (secondary N) is 2. The van der Waals surface area contributed by atoms with Crippen molar-refractivity contribution in [1.29, 1.82) is 0 Å². The van der Waals surface area contributed by atoms with E-state index >= 15 is 0 Å². The van der Waals surface area contributed by atoms with Gasteiger partial charge in [-0.2, -0.15) is 9.61 Å². The lowest BCUT2D eigenvalue weighted by molar-refractivity contribution is -0.135. The van der Waals surface area contributed by atoms with Crippen LogP contribution in [0.2, 0.25) is 0 Å². The maximum atomic E-state index is 12.5. The summed E-state index contributed by atoms with van der Waals surface area (Å²) in [5.41, 5.74) is 0.692. The molecule has 2 aromatic heterocycles. The summed E-state index contributed by atoms with van der Waals surface area (Å²) in [4.78, 5) is 42.4. The van der Waals surface area contributed by atoms with Crippen LogP contribution in [0.15, 0.2) is 35.1 Å². The number of piperazine rings is 1. The largest absolute Gasteiger partial charge is 0.480 e. The highest BCUT2D eigenvalue weighted by Crippen LogP contribution is 2.26. The number of carbonyl (C=O) groups excluding carboxylic acids is 1. The van der Waals surface area contributed by atoms with Gasteiger partial charge in [-0.15, -0.1) is 0 Å². The molecule has 4 rings (SSSR count). The Labute approximate surface area is 168 Å². The zero-order valence-corrected chi connectivity index (χ0v) is 16.1. The normalized spacial score (nSPS) is 14.1. The molecule has 1 fully saturated rings. The second-order valence-electron chi connectivity index (χ2n) is 6.45. The van der Waals surface area contributed by atoms with Crippen molar-refractivity contribution in [3.05, 3.63) is 46.2 Å². The third-order valence-electron chi connectivity index (χ3n) is 4.44. The molecule has 3 heterocycles. The van der Waals surface area contributed by atoms with Crippen LogP contribution >= 0.6 is 11.3 Å². The Morgan fingerprint density at radius 3 is 2.79 bits per heavy atom. The van der Waals surface area contributed by atoms with Gasteiger partial charge in [0.2, 0.25) is 4.96 Å². The fourth-order valence-corrected chi connectivity index (χ4v) is 3.92. The Morgan fingerprint density at radius 2 is 2.03 bits per heavy atom. The van der Waals surface area contributed by atoms with Crippen LogP contribution in [0.25, 0.3) is 15.5 Å². The second kappa shape index (κ2) is 7.97. The van der Waals surface area contributed by atoms with E-state index in [2.05, 4.69) is 25.6 Å². The van der Waals surface area contributed by atoms with Crippen LogP contribution in [0.5, 0.6) is 0 Å². The van der Waals surface area contributed by atoms with Crippen molar-refractivity contribution in [3.63, 3.8) is 0 Å². The predicted octanol–water partition coefficient (Wildman–Crippen LogP) is 0.0420. The highest BCUT2D eigenvalue weighted by atomic mass is 32.1. The first-order valence-corrected chi connectivity index (χ1v) is 9.80. The number of hydrogen-bond donors (Lipinski definition) is 3. The first-order chi connectivity index (χ1) is 14.0. The summed E-state index contributed by atoms with van der Waals surface area (Å²) in [5.74, 6) is -0.980. The molecule has 1 aliphatic heterocycles. The van der Waals surface area contributed by atoms with Crippen LogP contribution < -0.4 is 21.1 Å². The molecule has 11 heteroatoms.